The molecule has 1 rings (SSSR count). The maximum atomic E-state index is 11.8. The second-order valence-electron chi connectivity index (χ2n) is 4.42. The van der Waals surface area contributed by atoms with E-state index in [4.69, 9.17) is 10.8 Å². The predicted octanol–water partition coefficient (Wildman–Crippen LogP) is 0.314. The van der Waals surface area contributed by atoms with Crippen molar-refractivity contribution in [2.45, 2.75) is 19.8 Å². The van der Waals surface area contributed by atoms with Crippen LogP contribution in [-0.2, 0) is 18.9 Å². The fourth-order valence-corrected chi connectivity index (χ4v) is 2.35. The molecule has 0 aliphatic rings. The van der Waals surface area contributed by atoms with E-state index in [9.17, 15) is 14.4 Å². The molecule has 1 aromatic rings. The van der Waals surface area contributed by atoms with Crippen molar-refractivity contribution < 1.29 is 9.90 Å². The Kier molecular flexibility index (Phi) is 5.77. The highest BCUT2D eigenvalue weighted by molar-refractivity contribution is 8.13. The number of rotatable bonds is 5. The highest BCUT2D eigenvalue weighted by Crippen LogP contribution is 2.18. The molecule has 0 aliphatic carbocycles. The molecular formula is C12H18N4O4S. The van der Waals surface area contributed by atoms with Gasteiger partial charge in [0.25, 0.3) is 5.56 Å². The van der Waals surface area contributed by atoms with Crippen molar-refractivity contribution in [2.24, 2.45) is 19.1 Å². The van der Waals surface area contributed by atoms with Gasteiger partial charge in [-0.15, -0.1) is 11.8 Å². The van der Waals surface area contributed by atoms with E-state index in [-0.39, 0.29) is 17.9 Å². The minimum absolute atomic E-state index is 0.0901. The molecule has 0 amide bonds. The second kappa shape index (κ2) is 7.11. The molecule has 21 heavy (non-hydrogen) atoms. The lowest BCUT2D eigenvalue weighted by molar-refractivity contribution is -0.137. The highest BCUT2D eigenvalue weighted by atomic mass is 32.2. The summed E-state index contributed by atoms with van der Waals surface area (Å²) in [5.74, 6) is -0.143. The molecule has 0 radical (unpaired) electrons. The molecule has 0 atom stereocenters. The molecule has 0 bridgehead atoms. The van der Waals surface area contributed by atoms with Crippen LogP contribution in [0.5, 0.6) is 0 Å². The quantitative estimate of drug-likeness (QED) is 0.458. The Morgan fingerprint density at radius 1 is 1.33 bits per heavy atom. The SMILES string of the molecule is CC(=Nc1c(N)c(=O)n(C)c(=O)n1C)SCCCC(=O)O. The Labute approximate surface area is 125 Å². The molecule has 0 aromatic carbocycles. The van der Waals surface area contributed by atoms with Gasteiger partial charge in [0.05, 0.1) is 5.04 Å². The molecule has 9 heteroatoms. The zero-order chi connectivity index (χ0) is 16.2. The summed E-state index contributed by atoms with van der Waals surface area (Å²) in [4.78, 5) is 38.2. The number of carbonyl (C=O) groups is 1. The third-order valence-corrected chi connectivity index (χ3v) is 3.78. The average molecular weight is 314 g/mol. The van der Waals surface area contributed by atoms with Crippen LogP contribution in [-0.4, -0.2) is 31.0 Å². The Morgan fingerprint density at radius 3 is 2.52 bits per heavy atom. The molecule has 3 N–H and O–H groups in total. The van der Waals surface area contributed by atoms with Crippen molar-refractivity contribution in [3.63, 3.8) is 0 Å². The first-order chi connectivity index (χ1) is 9.75. The van der Waals surface area contributed by atoms with E-state index in [2.05, 4.69) is 4.99 Å². The number of carboxylic acids is 1. The topological polar surface area (TPSA) is 120 Å². The van der Waals surface area contributed by atoms with Gasteiger partial charge in [-0.2, -0.15) is 0 Å². The van der Waals surface area contributed by atoms with E-state index >= 15 is 0 Å². The van der Waals surface area contributed by atoms with Crippen LogP contribution in [0.25, 0.3) is 0 Å². The van der Waals surface area contributed by atoms with Gasteiger partial charge in [0.1, 0.15) is 5.69 Å². The molecule has 0 spiro atoms. The van der Waals surface area contributed by atoms with E-state index in [1.54, 1.807) is 6.92 Å². The van der Waals surface area contributed by atoms with Gasteiger partial charge >= 0.3 is 11.7 Å². The number of hydrogen-bond donors (Lipinski definition) is 2. The average Bonchev–Trinajstić information content (AvgIpc) is 2.44. The molecule has 1 aromatic heterocycles. The molecule has 0 unspecified atom stereocenters. The van der Waals surface area contributed by atoms with E-state index in [1.807, 2.05) is 0 Å². The number of aliphatic imine (C=N–C) groups is 1. The summed E-state index contributed by atoms with van der Waals surface area (Å²) in [6.45, 7) is 1.72. The van der Waals surface area contributed by atoms with Crippen LogP contribution in [0.3, 0.4) is 0 Å². The number of thioether (sulfide) groups is 1. The summed E-state index contributed by atoms with van der Waals surface area (Å²) in [5.41, 5.74) is 4.53. The normalized spacial score (nSPS) is 11.7. The van der Waals surface area contributed by atoms with Crippen LogP contribution in [0, 0.1) is 0 Å². The van der Waals surface area contributed by atoms with Crippen LogP contribution in [0.4, 0.5) is 11.5 Å². The fraction of sp³-hybridized carbons (Fsp3) is 0.500. The number of hydrogen-bond acceptors (Lipinski definition) is 6. The largest absolute Gasteiger partial charge is 0.481 e. The number of nitrogens with zero attached hydrogens (tertiary/aromatic N) is 3. The van der Waals surface area contributed by atoms with Crippen molar-refractivity contribution >= 4 is 34.3 Å². The summed E-state index contributed by atoms with van der Waals surface area (Å²) < 4.78 is 2.13. The molecule has 0 saturated heterocycles. The molecule has 0 fully saturated rings. The van der Waals surface area contributed by atoms with Gasteiger partial charge in [0.2, 0.25) is 0 Å². The van der Waals surface area contributed by atoms with Crippen LogP contribution in [0.2, 0.25) is 0 Å². The zero-order valence-electron chi connectivity index (χ0n) is 12.1. The lowest BCUT2D eigenvalue weighted by Crippen LogP contribution is -2.38. The monoisotopic (exact) mass is 314 g/mol. The molecular weight excluding hydrogens is 296 g/mol. The van der Waals surface area contributed by atoms with Crippen LogP contribution < -0.4 is 17.0 Å². The lowest BCUT2D eigenvalue weighted by Gasteiger charge is -2.09. The summed E-state index contributed by atoms with van der Waals surface area (Å²) in [6, 6.07) is 0. The van der Waals surface area contributed by atoms with Gasteiger partial charge < -0.3 is 10.8 Å². The number of aromatic nitrogens is 2. The van der Waals surface area contributed by atoms with Crippen molar-refractivity contribution in [1.29, 1.82) is 0 Å². The zero-order valence-corrected chi connectivity index (χ0v) is 12.9. The maximum absolute atomic E-state index is 11.8. The maximum Gasteiger partial charge on any atom is 0.332 e. The smallest absolute Gasteiger partial charge is 0.332 e. The van der Waals surface area contributed by atoms with Crippen LogP contribution >= 0.6 is 11.8 Å². The van der Waals surface area contributed by atoms with E-state index in [1.165, 1.54) is 30.4 Å². The van der Waals surface area contributed by atoms with E-state index < -0.39 is 17.2 Å². The van der Waals surface area contributed by atoms with Crippen molar-refractivity contribution in [3.8, 4) is 0 Å². The molecule has 0 aliphatic heterocycles. The Balaban J connectivity index is 2.97. The first-order valence-electron chi connectivity index (χ1n) is 6.21. The number of carboxylic acid groups (broad SMARTS) is 1. The Hall–Kier alpha value is -2.03. The van der Waals surface area contributed by atoms with Crippen molar-refractivity contribution in [3.05, 3.63) is 20.8 Å². The van der Waals surface area contributed by atoms with E-state index in [0.717, 1.165) is 4.57 Å². The first kappa shape index (κ1) is 17.0. The van der Waals surface area contributed by atoms with E-state index in [0.29, 0.717) is 17.2 Å². The first-order valence-corrected chi connectivity index (χ1v) is 7.19. The van der Waals surface area contributed by atoms with Gasteiger partial charge in [0.15, 0.2) is 5.82 Å². The highest BCUT2D eigenvalue weighted by Gasteiger charge is 2.12. The number of anilines is 1. The third kappa shape index (κ3) is 4.22. The summed E-state index contributed by atoms with van der Waals surface area (Å²) in [7, 11) is 2.83. The summed E-state index contributed by atoms with van der Waals surface area (Å²) in [6.07, 6.45) is 0.602. The minimum atomic E-state index is -0.844. The molecule has 1 heterocycles. The van der Waals surface area contributed by atoms with Gasteiger partial charge in [-0.3, -0.25) is 18.7 Å². The molecule has 8 nitrogen and oxygen atoms in total. The minimum Gasteiger partial charge on any atom is -0.481 e. The lowest BCUT2D eigenvalue weighted by atomic mass is 10.3. The fourth-order valence-electron chi connectivity index (χ4n) is 1.62. The van der Waals surface area contributed by atoms with Gasteiger partial charge in [-0.25, -0.2) is 9.79 Å². The van der Waals surface area contributed by atoms with Crippen LogP contribution in [0.15, 0.2) is 14.6 Å². The summed E-state index contributed by atoms with van der Waals surface area (Å²) in [5, 5.41) is 9.15. The van der Waals surface area contributed by atoms with Gasteiger partial charge in [-0.05, 0) is 19.1 Å². The number of nitrogens with two attached hydrogens (primary N) is 1. The second-order valence-corrected chi connectivity index (χ2v) is 5.71. The van der Waals surface area contributed by atoms with Crippen molar-refractivity contribution in [1.82, 2.24) is 9.13 Å². The third-order valence-electron chi connectivity index (χ3n) is 2.78. The molecule has 116 valence electrons. The molecule has 0 saturated carbocycles. The predicted molar refractivity (Wildman–Crippen MR) is 83.4 cm³/mol. The van der Waals surface area contributed by atoms with Crippen LogP contribution in [0.1, 0.15) is 19.8 Å². The Bertz CT molecular complexity index is 652. The van der Waals surface area contributed by atoms with Gasteiger partial charge in [0, 0.05) is 20.5 Å². The van der Waals surface area contributed by atoms with Crippen molar-refractivity contribution in [2.75, 3.05) is 11.5 Å². The Morgan fingerprint density at radius 2 is 1.95 bits per heavy atom. The number of nitrogen functional groups attached to an aromatic ring is 1. The summed E-state index contributed by atoms with van der Waals surface area (Å²) >= 11 is 1.35. The standard InChI is InChI=1S/C12H18N4O4S/c1-7(21-6-4-5-8(17)18)14-10-9(13)11(19)16(3)12(20)15(10)2/h4-6,13H2,1-3H3,(H,17,18). The van der Waals surface area contributed by atoms with Gasteiger partial charge in [-0.1, -0.05) is 0 Å². The number of aliphatic carboxylic acids is 1.